The molecule has 6 heteroatoms. The third-order valence-corrected chi connectivity index (χ3v) is 3.12. The Labute approximate surface area is 111 Å². The molecule has 0 radical (unpaired) electrons. The lowest BCUT2D eigenvalue weighted by Crippen LogP contribution is -2.41. The molecular formula is C13H18F2N4. The lowest BCUT2D eigenvalue weighted by Gasteiger charge is -2.20. The third kappa shape index (κ3) is 3.13. The molecule has 1 unspecified atom stereocenters. The maximum Gasteiger partial charge on any atom is 0.188 e. The lowest BCUT2D eigenvalue weighted by atomic mass is 10.2. The highest BCUT2D eigenvalue weighted by Gasteiger charge is 2.26. The second kappa shape index (κ2) is 5.86. The van der Waals surface area contributed by atoms with Crippen molar-refractivity contribution in [1.29, 1.82) is 0 Å². The fourth-order valence-electron chi connectivity index (χ4n) is 2.30. The van der Waals surface area contributed by atoms with Crippen molar-refractivity contribution in [1.82, 2.24) is 5.32 Å². The number of hydrogen-bond donors (Lipinski definition) is 2. The van der Waals surface area contributed by atoms with Crippen molar-refractivity contribution >= 4 is 11.6 Å². The SMILES string of the molecule is CCN=C(N)NC1CCN(c2c(F)cccc2F)C1. The van der Waals surface area contributed by atoms with Crippen LogP contribution >= 0.6 is 0 Å². The molecule has 1 aromatic rings. The Morgan fingerprint density at radius 3 is 2.79 bits per heavy atom. The molecule has 1 saturated heterocycles. The van der Waals surface area contributed by atoms with Crippen LogP contribution in [-0.4, -0.2) is 31.6 Å². The Hall–Kier alpha value is -1.85. The summed E-state index contributed by atoms with van der Waals surface area (Å²) in [4.78, 5) is 5.73. The Morgan fingerprint density at radius 1 is 1.47 bits per heavy atom. The fraction of sp³-hybridized carbons (Fsp3) is 0.462. The number of nitrogens with two attached hydrogens (primary N) is 1. The number of para-hydroxylation sites is 1. The van der Waals surface area contributed by atoms with Crippen molar-refractivity contribution in [3.05, 3.63) is 29.8 Å². The number of rotatable bonds is 3. The molecule has 0 aliphatic carbocycles. The van der Waals surface area contributed by atoms with Crippen molar-refractivity contribution in [3.63, 3.8) is 0 Å². The van der Waals surface area contributed by atoms with Gasteiger partial charge in [-0.05, 0) is 25.5 Å². The van der Waals surface area contributed by atoms with Gasteiger partial charge in [0.25, 0.3) is 0 Å². The van der Waals surface area contributed by atoms with Gasteiger partial charge < -0.3 is 16.0 Å². The van der Waals surface area contributed by atoms with Gasteiger partial charge in [-0.3, -0.25) is 4.99 Å². The molecule has 0 spiro atoms. The predicted molar refractivity (Wildman–Crippen MR) is 72.3 cm³/mol. The van der Waals surface area contributed by atoms with E-state index >= 15 is 0 Å². The molecule has 1 aliphatic heterocycles. The monoisotopic (exact) mass is 268 g/mol. The van der Waals surface area contributed by atoms with Gasteiger partial charge in [-0.2, -0.15) is 0 Å². The summed E-state index contributed by atoms with van der Waals surface area (Å²) in [5.41, 5.74) is 5.72. The highest BCUT2D eigenvalue weighted by Crippen LogP contribution is 2.26. The minimum Gasteiger partial charge on any atom is -0.370 e. The normalized spacial score (nSPS) is 19.8. The molecule has 3 N–H and O–H groups in total. The number of guanidine groups is 1. The van der Waals surface area contributed by atoms with Crippen LogP contribution in [0.1, 0.15) is 13.3 Å². The number of hydrogen-bond acceptors (Lipinski definition) is 2. The summed E-state index contributed by atoms with van der Waals surface area (Å²) >= 11 is 0. The number of anilines is 1. The van der Waals surface area contributed by atoms with Crippen LogP contribution in [0.2, 0.25) is 0 Å². The summed E-state index contributed by atoms with van der Waals surface area (Å²) in [6.07, 6.45) is 0.772. The van der Waals surface area contributed by atoms with Crippen LogP contribution in [-0.2, 0) is 0 Å². The summed E-state index contributed by atoms with van der Waals surface area (Å²) < 4.78 is 27.3. The molecule has 2 rings (SSSR count). The van der Waals surface area contributed by atoms with Crippen LogP contribution in [0.3, 0.4) is 0 Å². The summed E-state index contributed by atoms with van der Waals surface area (Å²) in [6.45, 7) is 3.61. The standard InChI is InChI=1S/C13H18F2N4/c1-2-17-13(16)18-9-6-7-19(8-9)12-10(14)4-3-5-11(12)15/h3-5,9H,2,6-8H2,1H3,(H3,16,17,18). The largest absolute Gasteiger partial charge is 0.370 e. The zero-order valence-corrected chi connectivity index (χ0v) is 10.9. The van der Waals surface area contributed by atoms with Gasteiger partial charge in [-0.1, -0.05) is 6.07 Å². The maximum absolute atomic E-state index is 13.7. The van der Waals surface area contributed by atoms with E-state index in [-0.39, 0.29) is 11.7 Å². The van der Waals surface area contributed by atoms with Crippen LogP contribution in [0, 0.1) is 11.6 Å². The molecule has 4 nitrogen and oxygen atoms in total. The first kappa shape index (κ1) is 13.6. The Morgan fingerprint density at radius 2 is 2.16 bits per heavy atom. The first-order chi connectivity index (χ1) is 9.11. The van der Waals surface area contributed by atoms with Crippen molar-refractivity contribution in [2.45, 2.75) is 19.4 Å². The van der Waals surface area contributed by atoms with E-state index in [1.165, 1.54) is 18.2 Å². The van der Waals surface area contributed by atoms with Crippen LogP contribution in [0.4, 0.5) is 14.5 Å². The van der Waals surface area contributed by atoms with E-state index in [4.69, 9.17) is 5.73 Å². The second-order valence-corrected chi connectivity index (χ2v) is 4.51. The summed E-state index contributed by atoms with van der Waals surface area (Å²) in [7, 11) is 0. The van der Waals surface area contributed by atoms with Gasteiger partial charge in [0, 0.05) is 25.7 Å². The molecular weight excluding hydrogens is 250 g/mol. The van der Waals surface area contributed by atoms with Crippen molar-refractivity contribution in [2.75, 3.05) is 24.5 Å². The first-order valence-corrected chi connectivity index (χ1v) is 6.37. The minimum absolute atomic E-state index is 0.0396. The van der Waals surface area contributed by atoms with Crippen molar-refractivity contribution in [2.24, 2.45) is 10.7 Å². The van der Waals surface area contributed by atoms with Gasteiger partial charge in [0.2, 0.25) is 0 Å². The lowest BCUT2D eigenvalue weighted by molar-refractivity contribution is 0.576. The van der Waals surface area contributed by atoms with Gasteiger partial charge in [-0.15, -0.1) is 0 Å². The highest BCUT2D eigenvalue weighted by atomic mass is 19.1. The van der Waals surface area contributed by atoms with E-state index in [1.807, 2.05) is 6.92 Å². The average Bonchev–Trinajstić information content (AvgIpc) is 2.77. The smallest absolute Gasteiger partial charge is 0.188 e. The number of benzene rings is 1. The van der Waals surface area contributed by atoms with E-state index in [1.54, 1.807) is 4.90 Å². The molecule has 1 aromatic carbocycles. The molecule has 104 valence electrons. The Kier molecular flexibility index (Phi) is 4.19. The number of nitrogens with one attached hydrogen (secondary N) is 1. The van der Waals surface area contributed by atoms with E-state index in [2.05, 4.69) is 10.3 Å². The summed E-state index contributed by atoms with van der Waals surface area (Å²) in [5, 5.41) is 3.06. The maximum atomic E-state index is 13.7. The average molecular weight is 268 g/mol. The van der Waals surface area contributed by atoms with Crippen LogP contribution in [0.15, 0.2) is 23.2 Å². The molecule has 1 fully saturated rings. The van der Waals surface area contributed by atoms with Gasteiger partial charge >= 0.3 is 0 Å². The highest BCUT2D eigenvalue weighted by molar-refractivity contribution is 5.78. The minimum atomic E-state index is -0.532. The molecule has 1 aliphatic rings. The molecule has 19 heavy (non-hydrogen) atoms. The number of aliphatic imine (C=N–C) groups is 1. The van der Waals surface area contributed by atoms with E-state index < -0.39 is 11.6 Å². The zero-order chi connectivity index (χ0) is 13.8. The van der Waals surface area contributed by atoms with E-state index in [0.717, 1.165) is 6.42 Å². The quantitative estimate of drug-likeness (QED) is 0.644. The molecule has 0 bridgehead atoms. The molecule has 0 aromatic heterocycles. The van der Waals surface area contributed by atoms with Gasteiger partial charge in [0.1, 0.15) is 17.3 Å². The second-order valence-electron chi connectivity index (χ2n) is 4.51. The predicted octanol–water partition coefficient (Wildman–Crippen LogP) is 1.47. The molecule has 0 amide bonds. The Bertz CT molecular complexity index is 455. The van der Waals surface area contributed by atoms with Crippen LogP contribution < -0.4 is 16.0 Å². The Balaban J connectivity index is 2.04. The van der Waals surface area contributed by atoms with E-state index in [0.29, 0.717) is 25.6 Å². The zero-order valence-electron chi connectivity index (χ0n) is 10.9. The fourth-order valence-corrected chi connectivity index (χ4v) is 2.30. The third-order valence-electron chi connectivity index (χ3n) is 3.12. The summed E-state index contributed by atoms with van der Waals surface area (Å²) in [6, 6.07) is 3.97. The topological polar surface area (TPSA) is 53.6 Å². The van der Waals surface area contributed by atoms with Gasteiger partial charge in [0.05, 0.1) is 0 Å². The number of halogens is 2. The van der Waals surface area contributed by atoms with Crippen molar-refractivity contribution in [3.8, 4) is 0 Å². The van der Waals surface area contributed by atoms with Crippen LogP contribution in [0.25, 0.3) is 0 Å². The van der Waals surface area contributed by atoms with Crippen LogP contribution in [0.5, 0.6) is 0 Å². The van der Waals surface area contributed by atoms with E-state index in [9.17, 15) is 8.78 Å². The molecule has 1 atom stereocenters. The molecule has 1 heterocycles. The first-order valence-electron chi connectivity index (χ1n) is 6.37. The van der Waals surface area contributed by atoms with Crippen molar-refractivity contribution < 1.29 is 8.78 Å². The number of nitrogens with zero attached hydrogens (tertiary/aromatic N) is 2. The summed E-state index contributed by atoms with van der Waals surface area (Å²) in [5.74, 6) is -0.685. The van der Waals surface area contributed by atoms with Gasteiger partial charge in [0.15, 0.2) is 5.96 Å². The van der Waals surface area contributed by atoms with Gasteiger partial charge in [-0.25, -0.2) is 8.78 Å². The molecule has 0 saturated carbocycles.